The van der Waals surface area contributed by atoms with Crippen molar-refractivity contribution in [1.82, 2.24) is 10.9 Å². The van der Waals surface area contributed by atoms with Gasteiger partial charge < -0.3 is 14.9 Å². The maximum Gasteiger partial charge on any atom is 0.327 e. The normalized spacial score (nSPS) is 13.7. The fourth-order valence-electron chi connectivity index (χ4n) is 3.58. The number of phenols is 2. The zero-order valence-electron chi connectivity index (χ0n) is 23.7. The van der Waals surface area contributed by atoms with Crippen LogP contribution in [0.1, 0.15) is 77.2 Å². The first-order valence-electron chi connectivity index (χ1n) is 13.7. The largest absolute Gasteiger partial charge is 0.504 e. The number of carbonyl (C=O) groups is 2. The van der Waals surface area contributed by atoms with E-state index in [2.05, 4.69) is 78.5 Å². The first-order chi connectivity index (χ1) is 18.8. The molecule has 0 aliphatic rings. The monoisotopic (exact) mass is 538 g/mol. The van der Waals surface area contributed by atoms with Crippen molar-refractivity contribution in [3.8, 4) is 11.5 Å². The van der Waals surface area contributed by atoms with Crippen LogP contribution in [-0.2, 0) is 20.7 Å². The Kier molecular flexibility index (Phi) is 17.5. The van der Waals surface area contributed by atoms with Crippen LogP contribution in [0.4, 0.5) is 0 Å². The van der Waals surface area contributed by atoms with Gasteiger partial charge in [-0.15, -0.1) is 0 Å². The highest BCUT2D eigenvalue weighted by atomic mass is 16.5. The van der Waals surface area contributed by atoms with Gasteiger partial charge in [-0.2, -0.15) is 0 Å². The minimum Gasteiger partial charge on any atom is -0.504 e. The second-order valence-corrected chi connectivity index (χ2v) is 9.42. The number of hydrazine groups is 1. The molecule has 39 heavy (non-hydrogen) atoms. The van der Waals surface area contributed by atoms with Gasteiger partial charge >= 0.3 is 5.97 Å². The molecule has 0 aromatic heterocycles. The number of rotatable bonds is 19. The van der Waals surface area contributed by atoms with Crippen molar-refractivity contribution in [3.63, 3.8) is 0 Å². The van der Waals surface area contributed by atoms with E-state index in [0.717, 1.165) is 44.1 Å². The van der Waals surface area contributed by atoms with Crippen LogP contribution in [0.2, 0.25) is 0 Å². The molecule has 0 radical (unpaired) electrons. The lowest BCUT2D eigenvalue weighted by Gasteiger charge is -2.28. The van der Waals surface area contributed by atoms with E-state index in [0.29, 0.717) is 25.7 Å². The summed E-state index contributed by atoms with van der Waals surface area (Å²) in [6.45, 7) is 3.79. The minimum atomic E-state index is -1.15. The van der Waals surface area contributed by atoms with Crippen molar-refractivity contribution in [3.05, 3.63) is 84.5 Å². The third kappa shape index (κ3) is 15.4. The molecule has 1 aromatic carbocycles. The Morgan fingerprint density at radius 2 is 1.44 bits per heavy atom. The number of nitrogens with one attached hydrogen (secondary N) is 2. The Bertz CT molecular complexity index is 1010. The molecule has 214 valence electrons. The Balaban J connectivity index is 2.25. The molecule has 1 rings (SSSR count). The number of aromatic hydroxyl groups is 2. The summed E-state index contributed by atoms with van der Waals surface area (Å²) >= 11 is 0. The van der Waals surface area contributed by atoms with Gasteiger partial charge in [0.2, 0.25) is 5.91 Å². The van der Waals surface area contributed by atoms with Crippen molar-refractivity contribution < 1.29 is 24.5 Å². The lowest BCUT2D eigenvalue weighted by atomic mass is 9.94. The zero-order valence-corrected chi connectivity index (χ0v) is 23.7. The summed E-state index contributed by atoms with van der Waals surface area (Å²) < 4.78 is 4.91. The van der Waals surface area contributed by atoms with Gasteiger partial charge in [0.25, 0.3) is 0 Å². The molecule has 0 fully saturated rings. The first-order valence-corrected chi connectivity index (χ1v) is 13.7. The molecular formula is C32H46N2O5. The summed E-state index contributed by atoms with van der Waals surface area (Å²) in [5.74, 6) is -1.14. The summed E-state index contributed by atoms with van der Waals surface area (Å²) in [5, 5.41) is 19.1. The number of allylic oxidation sites excluding steroid dienone is 10. The summed E-state index contributed by atoms with van der Waals surface area (Å²) in [6.07, 6.45) is 28.9. The van der Waals surface area contributed by atoms with Crippen molar-refractivity contribution in [2.75, 3.05) is 7.11 Å². The van der Waals surface area contributed by atoms with Crippen LogP contribution in [0.3, 0.4) is 0 Å². The Labute approximate surface area is 234 Å². The first kappa shape index (κ1) is 33.4. The van der Waals surface area contributed by atoms with E-state index < -0.39 is 11.5 Å². The highest BCUT2D eigenvalue weighted by molar-refractivity contribution is 5.81. The number of hydrogen-bond donors (Lipinski definition) is 4. The lowest BCUT2D eigenvalue weighted by molar-refractivity contribution is -0.149. The van der Waals surface area contributed by atoms with Gasteiger partial charge in [0.05, 0.1) is 7.11 Å². The summed E-state index contributed by atoms with van der Waals surface area (Å²) in [4.78, 5) is 24.6. The van der Waals surface area contributed by atoms with Gasteiger partial charge in [-0.1, -0.05) is 73.8 Å². The van der Waals surface area contributed by atoms with Crippen LogP contribution in [0, 0.1) is 0 Å². The third-order valence-corrected chi connectivity index (χ3v) is 6.00. The van der Waals surface area contributed by atoms with Crippen LogP contribution in [-0.4, -0.2) is 34.7 Å². The maximum atomic E-state index is 12.4. The van der Waals surface area contributed by atoms with E-state index in [9.17, 15) is 19.8 Å². The second-order valence-electron chi connectivity index (χ2n) is 9.42. The molecule has 4 N–H and O–H groups in total. The summed E-state index contributed by atoms with van der Waals surface area (Å²) in [7, 11) is 1.29. The summed E-state index contributed by atoms with van der Waals surface area (Å²) in [6, 6.07) is 4.51. The van der Waals surface area contributed by atoms with Crippen LogP contribution < -0.4 is 10.9 Å². The maximum absolute atomic E-state index is 12.4. The van der Waals surface area contributed by atoms with Gasteiger partial charge in [-0.25, -0.2) is 5.43 Å². The van der Waals surface area contributed by atoms with Gasteiger partial charge in [0.15, 0.2) is 11.5 Å². The van der Waals surface area contributed by atoms with Crippen LogP contribution in [0.25, 0.3) is 0 Å². The van der Waals surface area contributed by atoms with Crippen molar-refractivity contribution in [2.45, 2.75) is 83.6 Å². The quantitative estimate of drug-likeness (QED) is 0.0526. The van der Waals surface area contributed by atoms with Gasteiger partial charge in [0, 0.05) is 6.42 Å². The van der Waals surface area contributed by atoms with E-state index >= 15 is 0 Å². The molecule has 0 aliphatic carbocycles. The highest BCUT2D eigenvalue weighted by Crippen LogP contribution is 2.26. The number of unbranched alkanes of at least 4 members (excludes halogenated alkanes) is 1. The molecule has 1 atom stereocenters. The SMILES string of the molecule is CC/C=C\C/C=C\C/C=C\C/C=C\C/C=C\CCCC(=O)NN[C@@](C)(CCc1ccc(O)c(O)c1)C(=O)OC. The van der Waals surface area contributed by atoms with E-state index in [1.807, 2.05) is 0 Å². The average molecular weight is 539 g/mol. The second kappa shape index (κ2) is 20.4. The third-order valence-electron chi connectivity index (χ3n) is 6.00. The molecule has 0 aliphatic heterocycles. The Morgan fingerprint density at radius 1 is 0.872 bits per heavy atom. The fraction of sp³-hybridized carbons (Fsp3) is 0.438. The molecular weight excluding hydrogens is 492 g/mol. The molecule has 0 heterocycles. The molecule has 0 saturated carbocycles. The molecule has 0 bridgehead atoms. The number of hydrogen-bond acceptors (Lipinski definition) is 6. The molecule has 1 amide bonds. The lowest BCUT2D eigenvalue weighted by Crippen LogP contribution is -2.57. The van der Waals surface area contributed by atoms with Gasteiger partial charge in [-0.3, -0.25) is 15.0 Å². The molecule has 7 nitrogen and oxygen atoms in total. The smallest absolute Gasteiger partial charge is 0.327 e. The number of phenolic OH excluding ortho intramolecular Hbond substituents is 2. The number of aryl methyl sites for hydroxylation is 1. The topological polar surface area (TPSA) is 108 Å². The Morgan fingerprint density at radius 3 is 1.97 bits per heavy atom. The van der Waals surface area contributed by atoms with Gasteiger partial charge in [0.1, 0.15) is 5.54 Å². The number of ether oxygens (including phenoxy) is 1. The predicted octanol–water partition coefficient (Wildman–Crippen LogP) is 6.50. The number of benzene rings is 1. The van der Waals surface area contributed by atoms with Crippen LogP contribution >= 0.6 is 0 Å². The summed E-state index contributed by atoms with van der Waals surface area (Å²) in [5.41, 5.74) is 5.04. The van der Waals surface area contributed by atoms with E-state index in [1.165, 1.54) is 19.2 Å². The Hall–Kier alpha value is -3.58. The number of carbonyl (C=O) groups excluding carboxylic acids is 2. The molecule has 7 heteroatoms. The number of esters is 1. The molecule has 0 unspecified atom stereocenters. The molecule has 1 aromatic rings. The van der Waals surface area contributed by atoms with Crippen LogP contribution in [0.15, 0.2) is 79.0 Å². The molecule has 0 saturated heterocycles. The van der Waals surface area contributed by atoms with Crippen molar-refractivity contribution in [1.29, 1.82) is 0 Å². The minimum absolute atomic E-state index is 0.204. The number of methoxy groups -OCH3 is 1. The standard InChI is InChI=1S/C32H46N2O5/c1-4-5-6-7-8-9-10-11-12-13-14-15-16-17-18-19-20-21-30(37)33-34-32(2,31(38)39-3)25-24-27-22-23-28(35)29(36)26-27/h5-6,8-9,11-12,14-15,17-18,22-23,26,34-36H,4,7,10,13,16,19-21,24-25H2,1-3H3,(H,33,37)/b6-5-,9-8-,12-11-,15-14-,18-17-/t32-/m0/s1. The highest BCUT2D eigenvalue weighted by Gasteiger charge is 2.34. The zero-order chi connectivity index (χ0) is 28.8. The van der Waals surface area contributed by atoms with Crippen LogP contribution in [0.5, 0.6) is 11.5 Å². The van der Waals surface area contributed by atoms with E-state index in [-0.39, 0.29) is 17.4 Å². The van der Waals surface area contributed by atoms with Crippen molar-refractivity contribution in [2.24, 2.45) is 0 Å². The number of amides is 1. The molecule has 0 spiro atoms. The van der Waals surface area contributed by atoms with E-state index in [1.54, 1.807) is 13.0 Å². The predicted molar refractivity (Wildman–Crippen MR) is 158 cm³/mol. The average Bonchev–Trinajstić information content (AvgIpc) is 2.93. The fourth-order valence-corrected chi connectivity index (χ4v) is 3.58. The van der Waals surface area contributed by atoms with E-state index in [4.69, 9.17) is 4.74 Å². The van der Waals surface area contributed by atoms with Crippen molar-refractivity contribution >= 4 is 11.9 Å². The van der Waals surface area contributed by atoms with Gasteiger partial charge in [-0.05, 0) is 82.4 Å².